The number of hydrazone groups is 2. The molecule has 0 bridgehead atoms. The van der Waals surface area contributed by atoms with Crippen molar-refractivity contribution in [2.24, 2.45) is 10.2 Å². The van der Waals surface area contributed by atoms with Gasteiger partial charge in [0.05, 0.1) is 21.2 Å². The molecule has 3 aromatic carbocycles. The molecule has 1 aromatic heterocycles. The number of aromatic nitrogens is 2. The van der Waals surface area contributed by atoms with Crippen molar-refractivity contribution in [1.82, 2.24) is 19.4 Å². The Hall–Kier alpha value is -4.70. The minimum Gasteiger partial charge on any atom is -0.324 e. The zero-order chi connectivity index (χ0) is 31.0. The van der Waals surface area contributed by atoms with Gasteiger partial charge in [-0.3, -0.25) is 10.9 Å². The van der Waals surface area contributed by atoms with Crippen molar-refractivity contribution in [3.05, 3.63) is 96.1 Å². The highest BCUT2D eigenvalue weighted by Gasteiger charge is 2.12. The van der Waals surface area contributed by atoms with Crippen LogP contribution in [0.5, 0.6) is 0 Å². The minimum absolute atomic E-state index is 0.150. The second-order valence-corrected chi connectivity index (χ2v) is 12.8. The SMILES string of the molecule is CNS(=O)(=O)c1ccc(C(C)=NNc2cc(NN=C(C)c3ccc(S(=O)(=O)NC)cc3)nc(Nc3ccccc3)n2)cc1. The lowest BCUT2D eigenvalue weighted by molar-refractivity contribution is 0.586. The van der Waals surface area contributed by atoms with E-state index in [1.165, 1.54) is 38.4 Å². The van der Waals surface area contributed by atoms with Gasteiger partial charge in [-0.1, -0.05) is 42.5 Å². The highest BCUT2D eigenvalue weighted by atomic mass is 32.2. The molecule has 0 saturated heterocycles. The number of sulfonamides is 2. The maximum absolute atomic E-state index is 12.0. The molecule has 0 spiro atoms. The first-order valence-electron chi connectivity index (χ1n) is 12.9. The van der Waals surface area contributed by atoms with Gasteiger partial charge in [-0.05, 0) is 75.5 Å². The zero-order valence-electron chi connectivity index (χ0n) is 23.8. The Morgan fingerprint density at radius 2 is 1.05 bits per heavy atom. The van der Waals surface area contributed by atoms with E-state index in [9.17, 15) is 16.8 Å². The summed E-state index contributed by atoms with van der Waals surface area (Å²) in [6.45, 7) is 3.55. The van der Waals surface area contributed by atoms with Crippen LogP contribution in [0.2, 0.25) is 0 Å². The molecule has 0 atom stereocenters. The fraction of sp³-hybridized carbons (Fsp3) is 0.143. The molecule has 0 amide bonds. The number of nitrogens with one attached hydrogen (secondary N) is 5. The molecule has 224 valence electrons. The third-order valence-corrected chi connectivity index (χ3v) is 9.00. The molecule has 4 aromatic rings. The van der Waals surface area contributed by atoms with Crippen LogP contribution in [0.3, 0.4) is 0 Å². The van der Waals surface area contributed by atoms with Gasteiger partial charge in [0, 0.05) is 11.8 Å². The van der Waals surface area contributed by atoms with Gasteiger partial charge in [0.25, 0.3) is 0 Å². The van der Waals surface area contributed by atoms with Crippen molar-refractivity contribution in [3.8, 4) is 0 Å². The van der Waals surface area contributed by atoms with E-state index in [2.05, 4.69) is 45.8 Å². The molecular weight excluding hydrogens is 591 g/mol. The molecule has 0 unspecified atom stereocenters. The Morgan fingerprint density at radius 1 is 0.628 bits per heavy atom. The lowest BCUT2D eigenvalue weighted by atomic mass is 10.1. The maximum atomic E-state index is 12.0. The Bertz CT molecular complexity index is 1730. The number of anilines is 4. The third kappa shape index (κ3) is 8.20. The molecule has 15 heteroatoms. The van der Waals surface area contributed by atoms with E-state index in [0.29, 0.717) is 34.2 Å². The van der Waals surface area contributed by atoms with Gasteiger partial charge in [0.15, 0.2) is 11.6 Å². The van der Waals surface area contributed by atoms with Gasteiger partial charge >= 0.3 is 0 Å². The van der Waals surface area contributed by atoms with Crippen LogP contribution in [0.15, 0.2) is 105 Å². The highest BCUT2D eigenvalue weighted by Crippen LogP contribution is 2.19. The first kappa shape index (κ1) is 31.2. The van der Waals surface area contributed by atoms with E-state index >= 15 is 0 Å². The van der Waals surface area contributed by atoms with E-state index in [1.54, 1.807) is 44.2 Å². The fourth-order valence-electron chi connectivity index (χ4n) is 3.67. The van der Waals surface area contributed by atoms with Gasteiger partial charge in [0.1, 0.15) is 0 Å². The molecule has 0 radical (unpaired) electrons. The minimum atomic E-state index is -3.54. The van der Waals surface area contributed by atoms with Crippen LogP contribution in [0, 0.1) is 0 Å². The molecule has 0 aliphatic heterocycles. The van der Waals surface area contributed by atoms with E-state index in [4.69, 9.17) is 0 Å². The van der Waals surface area contributed by atoms with Gasteiger partial charge in [-0.15, -0.1) is 0 Å². The van der Waals surface area contributed by atoms with Gasteiger partial charge < -0.3 is 5.32 Å². The zero-order valence-corrected chi connectivity index (χ0v) is 25.5. The topological polar surface area (TPSA) is 179 Å². The smallest absolute Gasteiger partial charge is 0.240 e. The molecule has 13 nitrogen and oxygen atoms in total. The van der Waals surface area contributed by atoms with Crippen LogP contribution >= 0.6 is 0 Å². The predicted octanol–water partition coefficient (Wildman–Crippen LogP) is 3.71. The molecule has 0 saturated carbocycles. The summed E-state index contributed by atoms with van der Waals surface area (Å²) in [7, 11) is -4.37. The van der Waals surface area contributed by atoms with Crippen LogP contribution < -0.4 is 25.6 Å². The van der Waals surface area contributed by atoms with Crippen LogP contribution in [-0.4, -0.2) is 52.3 Å². The average molecular weight is 622 g/mol. The first-order chi connectivity index (χ1) is 20.5. The summed E-state index contributed by atoms with van der Waals surface area (Å²) in [6.07, 6.45) is 0. The third-order valence-electron chi connectivity index (χ3n) is 6.13. The molecular formula is C28H31N9O4S2. The average Bonchev–Trinajstić information content (AvgIpc) is 3.03. The Labute approximate surface area is 250 Å². The molecule has 0 aliphatic rings. The number of benzene rings is 3. The molecule has 1 heterocycles. The highest BCUT2D eigenvalue weighted by molar-refractivity contribution is 7.89. The van der Waals surface area contributed by atoms with Crippen molar-refractivity contribution < 1.29 is 16.8 Å². The molecule has 4 rings (SSSR count). The largest absolute Gasteiger partial charge is 0.324 e. The summed E-state index contributed by atoms with van der Waals surface area (Å²) in [5.74, 6) is 1.00. The fourth-order valence-corrected chi connectivity index (χ4v) is 5.13. The van der Waals surface area contributed by atoms with Crippen LogP contribution in [0.4, 0.5) is 23.3 Å². The standard InChI is InChI=1S/C28H31N9O4S2/c1-19(21-10-14-24(15-11-21)42(38,39)29-3)34-36-26-18-27(33-28(32-26)31-23-8-6-5-7-9-23)37-35-20(2)22-12-16-25(17-13-22)43(40,41)30-4/h5-18,29-30H,1-4H3,(H3,31,32,33,36,37). The summed E-state index contributed by atoms with van der Waals surface area (Å²) in [4.78, 5) is 9.30. The van der Waals surface area contributed by atoms with E-state index in [1.807, 2.05) is 30.3 Å². The van der Waals surface area contributed by atoms with E-state index in [0.717, 1.165) is 5.69 Å². The molecule has 43 heavy (non-hydrogen) atoms. The lowest BCUT2D eigenvalue weighted by Gasteiger charge is -2.11. The molecule has 0 fully saturated rings. The number of nitrogens with zero attached hydrogens (tertiary/aromatic N) is 4. The Morgan fingerprint density at radius 3 is 1.44 bits per heavy atom. The summed E-state index contributed by atoms with van der Waals surface area (Å²) >= 11 is 0. The normalized spacial score (nSPS) is 12.6. The van der Waals surface area contributed by atoms with Crippen molar-refractivity contribution in [2.45, 2.75) is 23.6 Å². The second kappa shape index (κ2) is 13.5. The lowest BCUT2D eigenvalue weighted by Crippen LogP contribution is -2.18. The van der Waals surface area contributed by atoms with Crippen molar-refractivity contribution in [2.75, 3.05) is 30.3 Å². The van der Waals surface area contributed by atoms with E-state index in [-0.39, 0.29) is 15.7 Å². The van der Waals surface area contributed by atoms with Gasteiger partial charge in [-0.2, -0.15) is 20.2 Å². The predicted molar refractivity (Wildman–Crippen MR) is 169 cm³/mol. The monoisotopic (exact) mass is 621 g/mol. The Balaban J connectivity index is 1.57. The number of rotatable bonds is 12. The van der Waals surface area contributed by atoms with Crippen molar-refractivity contribution in [3.63, 3.8) is 0 Å². The van der Waals surface area contributed by atoms with Crippen LogP contribution in [0.1, 0.15) is 25.0 Å². The summed E-state index contributed by atoms with van der Waals surface area (Å²) in [5.41, 5.74) is 9.24. The summed E-state index contributed by atoms with van der Waals surface area (Å²) in [6, 6.07) is 23.7. The summed E-state index contributed by atoms with van der Waals surface area (Å²) in [5, 5.41) is 12.0. The van der Waals surface area contributed by atoms with Crippen LogP contribution in [-0.2, 0) is 20.0 Å². The number of para-hydroxylation sites is 1. The van der Waals surface area contributed by atoms with Crippen molar-refractivity contribution >= 4 is 54.7 Å². The Kier molecular flexibility index (Phi) is 9.82. The number of hydrogen-bond donors (Lipinski definition) is 5. The van der Waals surface area contributed by atoms with E-state index < -0.39 is 20.0 Å². The first-order valence-corrected chi connectivity index (χ1v) is 15.9. The van der Waals surface area contributed by atoms with Gasteiger partial charge in [-0.25, -0.2) is 26.3 Å². The second-order valence-electron chi connectivity index (χ2n) is 9.03. The molecule has 0 aliphatic carbocycles. The quantitative estimate of drug-likeness (QED) is 0.116. The van der Waals surface area contributed by atoms with Crippen LogP contribution in [0.25, 0.3) is 0 Å². The molecule has 5 N–H and O–H groups in total. The maximum Gasteiger partial charge on any atom is 0.240 e. The van der Waals surface area contributed by atoms with Crippen molar-refractivity contribution in [1.29, 1.82) is 0 Å². The summed E-state index contributed by atoms with van der Waals surface area (Å²) < 4.78 is 52.6. The number of hydrogen-bond acceptors (Lipinski definition) is 11. The van der Waals surface area contributed by atoms with Gasteiger partial charge in [0.2, 0.25) is 26.0 Å².